The van der Waals surface area contributed by atoms with E-state index in [4.69, 9.17) is 19.1 Å². The van der Waals surface area contributed by atoms with Crippen LogP contribution in [0.25, 0.3) is 0 Å². The number of ether oxygens (including phenoxy) is 2. The molecule has 1 aliphatic heterocycles. The minimum Gasteiger partial charge on any atom is -0.479 e. The summed E-state index contributed by atoms with van der Waals surface area (Å²) in [5, 5.41) is 12.6. The maximum Gasteiger partial charge on any atom is 0.332 e. The van der Waals surface area contributed by atoms with E-state index in [-0.39, 0.29) is 0 Å². The number of rotatable bonds is 5. The first kappa shape index (κ1) is 12.0. The van der Waals surface area contributed by atoms with Gasteiger partial charge >= 0.3 is 5.97 Å². The molecule has 0 radical (unpaired) electrons. The lowest BCUT2D eigenvalue weighted by atomic mass is 10.2. The van der Waals surface area contributed by atoms with E-state index in [0.29, 0.717) is 37.6 Å². The van der Waals surface area contributed by atoms with Crippen LogP contribution >= 0.6 is 0 Å². The zero-order valence-corrected chi connectivity index (χ0v) is 9.46. The summed E-state index contributed by atoms with van der Waals surface area (Å²) in [6.07, 6.45) is 0.447. The SMILES string of the molecule is COCCc1noc(C2CCC(C(=O)O)O2)n1. The zero-order chi connectivity index (χ0) is 12.3. The molecule has 0 aromatic carbocycles. The van der Waals surface area contributed by atoms with Crippen LogP contribution in [0, 0.1) is 0 Å². The van der Waals surface area contributed by atoms with Gasteiger partial charge in [-0.2, -0.15) is 4.98 Å². The second-order valence-electron chi connectivity index (χ2n) is 3.82. The predicted octanol–water partition coefficient (Wildman–Crippen LogP) is 0.563. The second kappa shape index (κ2) is 5.24. The van der Waals surface area contributed by atoms with Gasteiger partial charge in [0.15, 0.2) is 11.9 Å². The van der Waals surface area contributed by atoms with Crippen LogP contribution in [-0.4, -0.2) is 41.0 Å². The van der Waals surface area contributed by atoms with E-state index in [2.05, 4.69) is 10.1 Å². The normalized spacial score (nSPS) is 24.1. The Kier molecular flexibility index (Phi) is 3.70. The Balaban J connectivity index is 1.94. The van der Waals surface area contributed by atoms with Crippen molar-refractivity contribution in [1.82, 2.24) is 10.1 Å². The zero-order valence-electron chi connectivity index (χ0n) is 9.46. The lowest BCUT2D eigenvalue weighted by molar-refractivity contribution is -0.150. The fourth-order valence-electron chi connectivity index (χ4n) is 1.69. The number of nitrogens with zero attached hydrogens (tertiary/aromatic N) is 2. The van der Waals surface area contributed by atoms with Gasteiger partial charge < -0.3 is 19.1 Å². The van der Waals surface area contributed by atoms with Crippen molar-refractivity contribution < 1.29 is 23.9 Å². The molecule has 2 rings (SSSR count). The molecule has 1 aliphatic rings. The standard InChI is InChI=1S/C10H14N2O5/c1-15-5-4-8-11-9(17-12-8)6-2-3-7(16-6)10(13)14/h6-7H,2-5H2,1H3,(H,13,14). The van der Waals surface area contributed by atoms with Crippen LogP contribution in [0.15, 0.2) is 4.52 Å². The molecule has 94 valence electrons. The van der Waals surface area contributed by atoms with Crippen LogP contribution in [0.4, 0.5) is 0 Å². The van der Waals surface area contributed by atoms with E-state index < -0.39 is 18.2 Å². The van der Waals surface area contributed by atoms with Gasteiger partial charge in [0.2, 0.25) is 0 Å². The van der Waals surface area contributed by atoms with Crippen molar-refractivity contribution in [2.24, 2.45) is 0 Å². The summed E-state index contributed by atoms with van der Waals surface area (Å²) in [7, 11) is 1.60. The lowest BCUT2D eigenvalue weighted by Crippen LogP contribution is -2.18. The highest BCUT2D eigenvalue weighted by Crippen LogP contribution is 2.31. The maximum absolute atomic E-state index is 10.7. The molecule has 1 fully saturated rings. The molecule has 2 heterocycles. The van der Waals surface area contributed by atoms with Gasteiger partial charge in [0.1, 0.15) is 6.10 Å². The number of hydrogen-bond donors (Lipinski definition) is 1. The van der Waals surface area contributed by atoms with Crippen LogP contribution in [0.5, 0.6) is 0 Å². The van der Waals surface area contributed by atoms with Gasteiger partial charge in [-0.25, -0.2) is 4.79 Å². The number of aliphatic carboxylic acids is 1. The molecule has 0 saturated carbocycles. The molecular formula is C10H14N2O5. The van der Waals surface area contributed by atoms with E-state index in [9.17, 15) is 4.79 Å². The van der Waals surface area contributed by atoms with Gasteiger partial charge in [-0.1, -0.05) is 5.16 Å². The molecule has 1 N–H and O–H groups in total. The number of hydrogen-bond acceptors (Lipinski definition) is 6. The Morgan fingerprint density at radius 3 is 3.06 bits per heavy atom. The third-order valence-electron chi connectivity index (χ3n) is 2.58. The molecule has 1 aromatic heterocycles. The fraction of sp³-hybridized carbons (Fsp3) is 0.700. The lowest BCUT2D eigenvalue weighted by Gasteiger charge is -2.05. The van der Waals surface area contributed by atoms with E-state index in [1.165, 1.54) is 0 Å². The quantitative estimate of drug-likeness (QED) is 0.806. The van der Waals surface area contributed by atoms with Gasteiger partial charge in [-0.3, -0.25) is 0 Å². The Labute approximate surface area is 97.7 Å². The molecule has 0 bridgehead atoms. The van der Waals surface area contributed by atoms with E-state index in [1.54, 1.807) is 7.11 Å². The Morgan fingerprint density at radius 1 is 1.59 bits per heavy atom. The summed E-state index contributed by atoms with van der Waals surface area (Å²) in [6, 6.07) is 0. The molecule has 1 saturated heterocycles. The first-order valence-corrected chi connectivity index (χ1v) is 5.40. The van der Waals surface area contributed by atoms with Gasteiger partial charge in [0.05, 0.1) is 6.61 Å². The highest BCUT2D eigenvalue weighted by molar-refractivity contribution is 5.72. The maximum atomic E-state index is 10.7. The van der Waals surface area contributed by atoms with Gasteiger partial charge in [-0.15, -0.1) is 0 Å². The van der Waals surface area contributed by atoms with Crippen molar-refractivity contribution in [3.8, 4) is 0 Å². The van der Waals surface area contributed by atoms with Crippen molar-refractivity contribution in [2.45, 2.75) is 31.5 Å². The molecule has 2 atom stereocenters. The fourth-order valence-corrected chi connectivity index (χ4v) is 1.69. The topological polar surface area (TPSA) is 94.7 Å². The van der Waals surface area contributed by atoms with Crippen molar-refractivity contribution in [1.29, 1.82) is 0 Å². The van der Waals surface area contributed by atoms with Crippen LogP contribution < -0.4 is 0 Å². The van der Waals surface area contributed by atoms with E-state index >= 15 is 0 Å². The molecule has 17 heavy (non-hydrogen) atoms. The average molecular weight is 242 g/mol. The van der Waals surface area contributed by atoms with Crippen molar-refractivity contribution >= 4 is 5.97 Å². The first-order valence-electron chi connectivity index (χ1n) is 5.40. The van der Waals surface area contributed by atoms with E-state index in [0.717, 1.165) is 0 Å². The van der Waals surface area contributed by atoms with Gasteiger partial charge in [0.25, 0.3) is 5.89 Å². The molecule has 7 nitrogen and oxygen atoms in total. The molecule has 0 aliphatic carbocycles. The first-order chi connectivity index (χ1) is 8.20. The second-order valence-corrected chi connectivity index (χ2v) is 3.82. The summed E-state index contributed by atoms with van der Waals surface area (Å²) in [5.41, 5.74) is 0. The van der Waals surface area contributed by atoms with Crippen LogP contribution in [0.1, 0.15) is 30.7 Å². The van der Waals surface area contributed by atoms with Gasteiger partial charge in [0, 0.05) is 13.5 Å². The third-order valence-corrected chi connectivity index (χ3v) is 2.58. The van der Waals surface area contributed by atoms with E-state index in [1.807, 2.05) is 0 Å². The Morgan fingerprint density at radius 2 is 2.41 bits per heavy atom. The van der Waals surface area contributed by atoms with Crippen molar-refractivity contribution in [2.75, 3.05) is 13.7 Å². The summed E-state index contributed by atoms with van der Waals surface area (Å²) in [4.78, 5) is 14.9. The highest BCUT2D eigenvalue weighted by atomic mass is 16.6. The smallest absolute Gasteiger partial charge is 0.332 e. The van der Waals surface area contributed by atoms with Crippen molar-refractivity contribution in [3.05, 3.63) is 11.7 Å². The number of carboxylic acids is 1. The van der Waals surface area contributed by atoms with Crippen LogP contribution in [-0.2, 0) is 20.7 Å². The minimum atomic E-state index is -0.952. The molecular weight excluding hydrogens is 228 g/mol. The Bertz CT molecular complexity index is 392. The molecule has 7 heteroatoms. The predicted molar refractivity (Wildman–Crippen MR) is 54.4 cm³/mol. The van der Waals surface area contributed by atoms with Gasteiger partial charge in [-0.05, 0) is 12.8 Å². The summed E-state index contributed by atoms with van der Waals surface area (Å²) >= 11 is 0. The summed E-state index contributed by atoms with van der Waals surface area (Å²) in [5.74, 6) is -0.0595. The summed E-state index contributed by atoms with van der Waals surface area (Å²) in [6.45, 7) is 0.516. The van der Waals surface area contributed by atoms with Crippen molar-refractivity contribution in [3.63, 3.8) is 0 Å². The monoisotopic (exact) mass is 242 g/mol. The molecule has 2 unspecified atom stereocenters. The minimum absolute atomic E-state index is 0.347. The summed E-state index contributed by atoms with van der Waals surface area (Å²) < 4.78 is 15.2. The molecule has 0 amide bonds. The Hall–Kier alpha value is -1.47. The van der Waals surface area contributed by atoms with Crippen LogP contribution in [0.3, 0.4) is 0 Å². The number of carbonyl (C=O) groups is 1. The molecule has 0 spiro atoms. The largest absolute Gasteiger partial charge is 0.479 e. The third kappa shape index (κ3) is 2.80. The number of carboxylic acid groups (broad SMARTS) is 1. The number of aromatic nitrogens is 2. The molecule has 1 aromatic rings. The number of methoxy groups -OCH3 is 1. The average Bonchev–Trinajstić information content (AvgIpc) is 2.94. The highest BCUT2D eigenvalue weighted by Gasteiger charge is 2.34. The van der Waals surface area contributed by atoms with Crippen LogP contribution in [0.2, 0.25) is 0 Å².